The van der Waals surface area contributed by atoms with Gasteiger partial charge in [-0.15, -0.1) is 0 Å². The predicted molar refractivity (Wildman–Crippen MR) is 82.3 cm³/mol. The van der Waals surface area contributed by atoms with Crippen LogP contribution in [0.15, 0.2) is 9.59 Å². The number of anilines is 2. The molecule has 0 aliphatic carbocycles. The molecule has 1 heterocycles. The lowest BCUT2D eigenvalue weighted by atomic mass is 10.3. The minimum atomic E-state index is -0.384. The Morgan fingerprint density at radius 1 is 1.35 bits per heavy atom. The van der Waals surface area contributed by atoms with Crippen molar-refractivity contribution in [2.45, 2.75) is 32.9 Å². The van der Waals surface area contributed by atoms with E-state index in [-0.39, 0.29) is 23.1 Å². The standard InChI is InChI=1S/C13H25N5O2/c1-6-7-18-11(14)10(12(19)17(5)13(18)20)15-9(2)8-16(3)4/h9,15H,6-8,14H2,1-5H3. The van der Waals surface area contributed by atoms with Crippen LogP contribution in [0.3, 0.4) is 0 Å². The second kappa shape index (κ2) is 6.60. The molecule has 3 N–H and O–H groups in total. The summed E-state index contributed by atoms with van der Waals surface area (Å²) in [5.41, 5.74) is 5.53. The molecule has 0 saturated carbocycles. The van der Waals surface area contributed by atoms with Crippen molar-refractivity contribution in [1.29, 1.82) is 0 Å². The van der Waals surface area contributed by atoms with Gasteiger partial charge in [-0.05, 0) is 27.4 Å². The molecular weight excluding hydrogens is 258 g/mol. The summed E-state index contributed by atoms with van der Waals surface area (Å²) < 4.78 is 2.53. The van der Waals surface area contributed by atoms with E-state index < -0.39 is 0 Å². The molecule has 0 amide bonds. The Morgan fingerprint density at radius 2 is 1.95 bits per heavy atom. The number of aromatic nitrogens is 2. The van der Waals surface area contributed by atoms with Gasteiger partial charge >= 0.3 is 5.69 Å². The Labute approximate surface area is 119 Å². The summed E-state index contributed by atoms with van der Waals surface area (Å²) in [6.45, 7) is 5.18. The lowest BCUT2D eigenvalue weighted by molar-refractivity contribution is 0.392. The maximum absolute atomic E-state index is 12.2. The van der Waals surface area contributed by atoms with Gasteiger partial charge in [0, 0.05) is 26.2 Å². The molecule has 114 valence electrons. The first-order chi connectivity index (χ1) is 9.29. The van der Waals surface area contributed by atoms with Gasteiger partial charge in [0.2, 0.25) is 0 Å². The van der Waals surface area contributed by atoms with E-state index in [1.54, 1.807) is 0 Å². The molecule has 1 atom stereocenters. The van der Waals surface area contributed by atoms with E-state index in [2.05, 4.69) is 5.32 Å². The minimum absolute atomic E-state index is 0.0487. The Morgan fingerprint density at radius 3 is 2.45 bits per heavy atom. The zero-order chi connectivity index (χ0) is 15.4. The first-order valence-electron chi connectivity index (χ1n) is 6.80. The quantitative estimate of drug-likeness (QED) is 0.761. The largest absolute Gasteiger partial charge is 0.383 e. The molecule has 0 aliphatic rings. The number of nitrogens with zero attached hydrogens (tertiary/aromatic N) is 3. The maximum Gasteiger partial charge on any atom is 0.332 e. The molecule has 0 radical (unpaired) electrons. The summed E-state index contributed by atoms with van der Waals surface area (Å²) >= 11 is 0. The van der Waals surface area contributed by atoms with Gasteiger partial charge in [0.15, 0.2) is 0 Å². The zero-order valence-corrected chi connectivity index (χ0v) is 12.9. The fraction of sp³-hybridized carbons (Fsp3) is 0.692. The van der Waals surface area contributed by atoms with Crippen LogP contribution in [0.1, 0.15) is 20.3 Å². The fourth-order valence-corrected chi connectivity index (χ4v) is 2.20. The van der Waals surface area contributed by atoms with Gasteiger partial charge in [-0.25, -0.2) is 4.79 Å². The third-order valence-corrected chi connectivity index (χ3v) is 3.06. The first kappa shape index (κ1) is 16.3. The molecule has 7 heteroatoms. The third-order valence-electron chi connectivity index (χ3n) is 3.06. The Balaban J connectivity index is 3.26. The summed E-state index contributed by atoms with van der Waals surface area (Å²) in [6, 6.07) is 0.0487. The molecule has 0 aromatic carbocycles. The second-order valence-electron chi connectivity index (χ2n) is 5.37. The summed E-state index contributed by atoms with van der Waals surface area (Å²) in [5.74, 6) is 0.213. The highest BCUT2D eigenvalue weighted by molar-refractivity contribution is 5.61. The number of hydrogen-bond acceptors (Lipinski definition) is 5. The van der Waals surface area contributed by atoms with E-state index in [4.69, 9.17) is 5.73 Å². The average Bonchev–Trinajstić information content (AvgIpc) is 2.36. The molecular formula is C13H25N5O2. The summed E-state index contributed by atoms with van der Waals surface area (Å²) in [7, 11) is 5.38. The number of hydrogen-bond donors (Lipinski definition) is 2. The van der Waals surface area contributed by atoms with Crippen LogP contribution in [0.5, 0.6) is 0 Å². The van der Waals surface area contributed by atoms with E-state index in [0.717, 1.165) is 17.5 Å². The molecule has 0 aliphatic heterocycles. The molecule has 20 heavy (non-hydrogen) atoms. The van der Waals surface area contributed by atoms with E-state index in [9.17, 15) is 9.59 Å². The van der Waals surface area contributed by atoms with Crippen LogP contribution in [-0.4, -0.2) is 40.7 Å². The summed E-state index contributed by atoms with van der Waals surface area (Å²) in [6.07, 6.45) is 0.773. The van der Waals surface area contributed by atoms with Gasteiger partial charge < -0.3 is 16.0 Å². The normalized spacial score (nSPS) is 12.7. The van der Waals surface area contributed by atoms with Crippen LogP contribution in [0.2, 0.25) is 0 Å². The van der Waals surface area contributed by atoms with Crippen molar-refractivity contribution in [3.63, 3.8) is 0 Å². The van der Waals surface area contributed by atoms with E-state index >= 15 is 0 Å². The summed E-state index contributed by atoms with van der Waals surface area (Å²) in [4.78, 5) is 26.2. The molecule has 0 saturated heterocycles. The highest BCUT2D eigenvalue weighted by Crippen LogP contribution is 2.12. The Kier molecular flexibility index (Phi) is 5.38. The smallest absolute Gasteiger partial charge is 0.332 e. The van der Waals surface area contributed by atoms with Crippen molar-refractivity contribution < 1.29 is 0 Å². The van der Waals surface area contributed by atoms with Crippen LogP contribution >= 0.6 is 0 Å². The molecule has 1 aromatic rings. The number of nitrogens with two attached hydrogens (primary N) is 1. The highest BCUT2D eigenvalue weighted by atomic mass is 16.2. The van der Waals surface area contributed by atoms with Gasteiger partial charge in [0.25, 0.3) is 5.56 Å². The van der Waals surface area contributed by atoms with Gasteiger partial charge in [0.1, 0.15) is 11.5 Å². The van der Waals surface area contributed by atoms with Gasteiger partial charge in [-0.3, -0.25) is 13.9 Å². The van der Waals surface area contributed by atoms with Crippen LogP contribution in [0.4, 0.5) is 11.5 Å². The molecule has 0 bridgehead atoms. The van der Waals surface area contributed by atoms with E-state index in [0.29, 0.717) is 12.2 Å². The third kappa shape index (κ3) is 3.41. The molecule has 1 rings (SSSR count). The molecule has 1 aromatic heterocycles. The van der Waals surface area contributed by atoms with Gasteiger partial charge in [-0.1, -0.05) is 6.92 Å². The van der Waals surface area contributed by atoms with Crippen molar-refractivity contribution >= 4 is 11.5 Å². The molecule has 7 nitrogen and oxygen atoms in total. The van der Waals surface area contributed by atoms with E-state index in [1.807, 2.05) is 32.8 Å². The highest BCUT2D eigenvalue weighted by Gasteiger charge is 2.16. The molecule has 1 unspecified atom stereocenters. The van der Waals surface area contributed by atoms with Crippen molar-refractivity contribution in [3.05, 3.63) is 20.8 Å². The first-order valence-corrected chi connectivity index (χ1v) is 6.80. The van der Waals surface area contributed by atoms with Crippen molar-refractivity contribution in [2.24, 2.45) is 7.05 Å². The second-order valence-corrected chi connectivity index (χ2v) is 5.37. The number of likely N-dealkylation sites (N-methyl/N-ethyl adjacent to an activating group) is 1. The van der Waals surface area contributed by atoms with Crippen LogP contribution in [0, 0.1) is 0 Å². The number of rotatable bonds is 6. The molecule has 0 fully saturated rings. The zero-order valence-electron chi connectivity index (χ0n) is 12.9. The average molecular weight is 283 g/mol. The monoisotopic (exact) mass is 283 g/mol. The lowest BCUT2D eigenvalue weighted by Crippen LogP contribution is -2.42. The Bertz CT molecular complexity index is 573. The maximum atomic E-state index is 12.2. The SMILES string of the molecule is CCCn1c(N)c(NC(C)CN(C)C)c(=O)n(C)c1=O. The lowest BCUT2D eigenvalue weighted by Gasteiger charge is -2.21. The van der Waals surface area contributed by atoms with Crippen molar-refractivity contribution in [1.82, 2.24) is 14.0 Å². The number of nitrogens with one attached hydrogen (secondary N) is 1. The van der Waals surface area contributed by atoms with Crippen LogP contribution in [0.25, 0.3) is 0 Å². The van der Waals surface area contributed by atoms with Gasteiger partial charge in [0.05, 0.1) is 0 Å². The van der Waals surface area contributed by atoms with Crippen molar-refractivity contribution in [3.8, 4) is 0 Å². The summed E-state index contributed by atoms with van der Waals surface area (Å²) in [5, 5.41) is 3.12. The fourth-order valence-electron chi connectivity index (χ4n) is 2.20. The number of nitrogen functional groups attached to an aromatic ring is 1. The van der Waals surface area contributed by atoms with Gasteiger partial charge in [-0.2, -0.15) is 0 Å². The predicted octanol–water partition coefficient (Wildman–Crippen LogP) is -0.0988. The van der Waals surface area contributed by atoms with Crippen LogP contribution in [-0.2, 0) is 13.6 Å². The molecule has 0 spiro atoms. The van der Waals surface area contributed by atoms with Crippen molar-refractivity contribution in [2.75, 3.05) is 31.7 Å². The topological polar surface area (TPSA) is 85.3 Å². The minimum Gasteiger partial charge on any atom is -0.383 e. The Hall–Kier alpha value is -1.76. The van der Waals surface area contributed by atoms with E-state index in [1.165, 1.54) is 11.6 Å². The van der Waals surface area contributed by atoms with Crippen LogP contribution < -0.4 is 22.3 Å².